The predicted octanol–water partition coefficient (Wildman–Crippen LogP) is 1.67. The molecule has 0 aromatic rings. The van der Waals surface area contributed by atoms with E-state index in [1.165, 1.54) is 4.90 Å². The van der Waals surface area contributed by atoms with Crippen molar-refractivity contribution in [1.82, 2.24) is 47.4 Å². The van der Waals surface area contributed by atoms with Gasteiger partial charge in [0.1, 0.15) is 42.2 Å². The Labute approximate surface area is 658 Å². The number of nitrogens with one attached hydrogen (secondary N) is 8. The maximum atomic E-state index is 13.8. The van der Waals surface area contributed by atoms with Gasteiger partial charge in [-0.05, 0) is 95.2 Å². The third-order valence-corrected chi connectivity index (χ3v) is 14.4. The highest BCUT2D eigenvalue weighted by molar-refractivity contribution is 6.02. The van der Waals surface area contributed by atoms with Crippen LogP contribution in [0.5, 0.6) is 0 Å². The number of carbonyl (C=O) groups is 13. The summed E-state index contributed by atoms with van der Waals surface area (Å²) in [6, 6.07) is -6.02. The summed E-state index contributed by atoms with van der Waals surface area (Å²) in [4.78, 5) is 182. The van der Waals surface area contributed by atoms with Gasteiger partial charge in [0, 0.05) is 40.0 Å². The second-order valence-corrected chi connectivity index (χ2v) is 28.6. The Morgan fingerprint density at radius 2 is 0.816 bits per heavy atom. The summed E-state index contributed by atoms with van der Waals surface area (Å²) < 4.78 is 109. The number of esters is 2. The lowest BCUT2D eigenvalue weighted by Gasteiger charge is -2.39. The summed E-state index contributed by atoms with van der Waals surface area (Å²) in [6.45, 7) is 20.2. The van der Waals surface area contributed by atoms with Crippen LogP contribution in [0.2, 0.25) is 0 Å². The molecule has 4 heterocycles. The van der Waals surface area contributed by atoms with Crippen LogP contribution in [0.25, 0.3) is 0 Å². The number of ether oxygens (including phenoxy) is 20. The SMILES string of the molecule is C#CCOCCOCCOCCOCCC(=O)N(CCOCCNC(=O)O[C@@H]([C@@H]1OC(C(=O)OC)=C[C@H](N=C(NC(=O)OC(C)(C)C)NC(=O)OC(C)(C)C)[C@H]1NC(C)=O)[C@H]1COC(=O)O1)CCOCCNC(=O)O[C@@H]([C@@H]1OC(C(=O)OC)=C[C@H](N=C(NC(=O)OC(C)(C)C)NC(=O)OC(C)(C)C)[C@H]1NC(C)=O)[C@H]1COC(=O)O1. The molecular weight excluding hydrogens is 1520 g/mol. The van der Waals surface area contributed by atoms with Crippen LogP contribution in [0.3, 0.4) is 0 Å². The molecule has 0 saturated carbocycles. The van der Waals surface area contributed by atoms with Crippen LogP contribution in [0.15, 0.2) is 33.7 Å². The fraction of sp³-hybridized carbons (Fsp3) is 0.700. The minimum Gasteiger partial charge on any atom is -0.477 e. The highest BCUT2D eigenvalue weighted by Gasteiger charge is 2.52. The van der Waals surface area contributed by atoms with Crippen LogP contribution in [-0.2, 0) is 119 Å². The topological polar surface area (TPSA) is 531 Å². The molecule has 114 heavy (non-hydrogen) atoms. The molecule has 2 fully saturated rings. The van der Waals surface area contributed by atoms with E-state index in [0.717, 1.165) is 40.2 Å². The second kappa shape index (κ2) is 47.1. The van der Waals surface area contributed by atoms with Crippen molar-refractivity contribution in [2.45, 2.75) is 187 Å². The molecule has 4 aliphatic heterocycles. The number of carbonyl (C=O) groups excluding carboxylic acids is 13. The average Bonchev–Trinajstić information content (AvgIpc) is 1.16. The standard InChI is InChI=1S/C70H107N11O33/c1-18-24-97-30-32-101-34-35-102-33-31-98-25-19-48(84)81(22-28-99-26-20-71-59(87)109-51(46-38-103-65(93)107-46)53-49(73-40(2)82)42(36-44(105-53)55(85)95-16)75-57(77-61(89)111-67(4,5)6)78-62(90)112-68(7,8)9)23-29-100-27-21-72-60(88)110-52(47-39-104-66(94)108-47)54-50(74-41(3)83)43(37-45(106-54)56(86)96-17)76-58(79-63(91)113-69(10,11)12)80-64(92)114-70(13,14)15/h1,36-37,42-43,46-47,49-54H,19-35,38-39H2,2-17H3,(H,71,87)(H,72,88)(H,73,82)(H,74,83)(H2,75,77,78,89,90)(H2,76,79,80,91,92)/t42-,43-,46+,47+,49+,50+,51+,52+,53+,54+/m0/s1. The lowest BCUT2D eigenvalue weighted by Crippen LogP contribution is -2.61. The molecule has 9 amide bonds. The van der Waals surface area contributed by atoms with E-state index in [-0.39, 0.29) is 98.7 Å². The molecule has 0 spiro atoms. The van der Waals surface area contributed by atoms with Gasteiger partial charge in [-0.3, -0.25) is 35.7 Å². The smallest absolute Gasteiger partial charge is 0.477 e. The van der Waals surface area contributed by atoms with Crippen LogP contribution >= 0.6 is 0 Å². The molecule has 8 N–H and O–H groups in total. The molecule has 44 heteroatoms. The van der Waals surface area contributed by atoms with E-state index in [1.807, 2.05) is 0 Å². The molecule has 0 aromatic heterocycles. The Balaban J connectivity index is 1.51. The minimum atomic E-state index is -1.76. The first-order chi connectivity index (χ1) is 53.6. The molecule has 4 aliphatic rings. The number of hydrogen-bond donors (Lipinski definition) is 8. The van der Waals surface area contributed by atoms with Gasteiger partial charge >= 0.3 is 60.8 Å². The van der Waals surface area contributed by atoms with E-state index in [4.69, 9.17) is 101 Å². The van der Waals surface area contributed by atoms with Gasteiger partial charge in [0.05, 0.1) is 117 Å². The number of methoxy groups -OCH3 is 2. The van der Waals surface area contributed by atoms with Crippen molar-refractivity contribution in [2.75, 3.05) is 133 Å². The first-order valence-corrected chi connectivity index (χ1v) is 35.9. The molecular formula is C70H107N11O33. The molecule has 0 radical (unpaired) electrons. The third kappa shape index (κ3) is 37.7. The molecule has 0 aromatic carbocycles. The van der Waals surface area contributed by atoms with Gasteiger partial charge in [-0.2, -0.15) is 0 Å². The van der Waals surface area contributed by atoms with Crippen LogP contribution in [0.4, 0.5) is 38.4 Å². The summed E-state index contributed by atoms with van der Waals surface area (Å²) in [7, 11) is 2.04. The van der Waals surface area contributed by atoms with Gasteiger partial charge in [0.15, 0.2) is 36.6 Å². The van der Waals surface area contributed by atoms with E-state index >= 15 is 0 Å². The number of amides is 9. The summed E-state index contributed by atoms with van der Waals surface area (Å²) in [5.41, 5.74) is -4.22. The Kier molecular flexibility index (Phi) is 39.5. The molecule has 0 aliphatic carbocycles. The van der Waals surface area contributed by atoms with Gasteiger partial charge in [0.2, 0.25) is 41.2 Å². The van der Waals surface area contributed by atoms with Gasteiger partial charge < -0.3 is 121 Å². The van der Waals surface area contributed by atoms with Crippen molar-refractivity contribution in [1.29, 1.82) is 0 Å². The Hall–Kier alpha value is -10.7. The maximum absolute atomic E-state index is 13.8. The largest absolute Gasteiger partial charge is 0.508 e. The number of aliphatic imine (C=N–C) groups is 2. The highest BCUT2D eigenvalue weighted by atomic mass is 16.8. The first-order valence-electron chi connectivity index (χ1n) is 35.9. The summed E-state index contributed by atoms with van der Waals surface area (Å²) in [5, 5.41) is 19.5. The monoisotopic (exact) mass is 1630 g/mol. The molecule has 0 unspecified atom stereocenters. The zero-order valence-electron chi connectivity index (χ0n) is 66.8. The molecule has 10 atom stereocenters. The van der Waals surface area contributed by atoms with E-state index in [0.29, 0.717) is 13.2 Å². The number of cyclic esters (lactones) is 4. The average molecular weight is 1630 g/mol. The Morgan fingerprint density at radius 1 is 0.482 bits per heavy atom. The molecule has 640 valence electrons. The summed E-state index contributed by atoms with van der Waals surface area (Å²) in [6.07, 6.45) is -11.8. The second-order valence-electron chi connectivity index (χ2n) is 28.6. The molecule has 44 nitrogen and oxygen atoms in total. The fourth-order valence-electron chi connectivity index (χ4n) is 10.1. The van der Waals surface area contributed by atoms with E-state index in [1.54, 1.807) is 83.1 Å². The molecule has 4 rings (SSSR count). The van der Waals surface area contributed by atoms with Crippen molar-refractivity contribution >= 4 is 90.4 Å². The van der Waals surface area contributed by atoms with Gasteiger partial charge in [-0.1, -0.05) is 5.92 Å². The van der Waals surface area contributed by atoms with E-state index in [2.05, 4.69) is 58.4 Å². The van der Waals surface area contributed by atoms with E-state index < -0.39 is 198 Å². The van der Waals surface area contributed by atoms with Crippen molar-refractivity contribution in [2.24, 2.45) is 9.98 Å². The highest BCUT2D eigenvalue weighted by Crippen LogP contribution is 2.32. The number of rotatable bonds is 37. The molecule has 2 saturated heterocycles. The van der Waals surface area contributed by atoms with Gasteiger partial charge in [-0.15, -0.1) is 6.42 Å². The van der Waals surface area contributed by atoms with Crippen LogP contribution in [0, 0.1) is 12.3 Å². The van der Waals surface area contributed by atoms with Gasteiger partial charge in [-0.25, -0.2) is 57.9 Å². The summed E-state index contributed by atoms with van der Waals surface area (Å²) >= 11 is 0. The number of terminal acetylenes is 1. The first kappa shape index (κ1) is 95.6. The Morgan fingerprint density at radius 3 is 1.12 bits per heavy atom. The predicted molar refractivity (Wildman–Crippen MR) is 389 cm³/mol. The summed E-state index contributed by atoms with van der Waals surface area (Å²) in [5.74, 6) is -4.09. The van der Waals surface area contributed by atoms with Crippen molar-refractivity contribution in [3.05, 3.63) is 23.7 Å². The number of alkyl carbamates (subject to hydrolysis) is 6. The van der Waals surface area contributed by atoms with E-state index in [9.17, 15) is 62.3 Å². The van der Waals surface area contributed by atoms with Crippen LogP contribution in [-0.4, -0.2) is 311 Å². The number of guanidine groups is 2. The van der Waals surface area contributed by atoms with Crippen LogP contribution < -0.4 is 42.5 Å². The zero-order valence-corrected chi connectivity index (χ0v) is 66.8. The van der Waals surface area contributed by atoms with Crippen molar-refractivity contribution < 1.29 is 157 Å². The van der Waals surface area contributed by atoms with Crippen molar-refractivity contribution in [3.8, 4) is 12.3 Å². The Bertz CT molecular complexity index is 3190. The zero-order chi connectivity index (χ0) is 84.9. The number of nitrogens with zero attached hydrogens (tertiary/aromatic N) is 3. The quantitative estimate of drug-likeness (QED) is 0.0109. The van der Waals surface area contributed by atoms with Crippen molar-refractivity contribution in [3.63, 3.8) is 0 Å². The number of hydrogen-bond acceptors (Lipinski definition) is 35. The van der Waals surface area contributed by atoms with Crippen LogP contribution in [0.1, 0.15) is 103 Å². The molecule has 0 bridgehead atoms. The maximum Gasteiger partial charge on any atom is 0.508 e. The lowest BCUT2D eigenvalue weighted by molar-refractivity contribution is -0.148. The fourth-order valence-corrected chi connectivity index (χ4v) is 10.1. The normalized spacial score (nSPS) is 19.6. The lowest BCUT2D eigenvalue weighted by atomic mass is 9.92. The van der Waals surface area contributed by atoms with Gasteiger partial charge in [0.25, 0.3) is 0 Å². The third-order valence-electron chi connectivity index (χ3n) is 14.4. The minimum absolute atomic E-state index is 0.0334.